The van der Waals surface area contributed by atoms with Crippen LogP contribution in [-0.4, -0.2) is 0 Å². The molecule has 2 rings (SSSR count). The van der Waals surface area contributed by atoms with Crippen LogP contribution < -0.4 is 0 Å². The smallest absolute Gasteiger partial charge is 0.128 e. The maximum Gasteiger partial charge on any atom is 0.128 e. The van der Waals surface area contributed by atoms with Gasteiger partial charge in [0.25, 0.3) is 0 Å². The summed E-state index contributed by atoms with van der Waals surface area (Å²) in [6, 6.07) is 9.28. The molecule has 0 N–H and O–H groups in total. The fourth-order valence-corrected chi connectivity index (χ4v) is 3.68. The van der Waals surface area contributed by atoms with Gasteiger partial charge >= 0.3 is 0 Å². The number of halogens is 3. The molecule has 0 amide bonds. The first kappa shape index (κ1) is 12.3. The lowest BCUT2D eigenvalue weighted by molar-refractivity contribution is 0.613. The summed E-state index contributed by atoms with van der Waals surface area (Å²) in [5.41, 5.74) is 1.62. The van der Waals surface area contributed by atoms with E-state index in [2.05, 4.69) is 31.9 Å². The van der Waals surface area contributed by atoms with Gasteiger partial charge in [0.2, 0.25) is 0 Å². The van der Waals surface area contributed by atoms with Crippen LogP contribution in [-0.2, 0) is 0 Å². The second kappa shape index (κ2) is 4.98. The van der Waals surface area contributed by atoms with Crippen molar-refractivity contribution in [2.45, 2.75) is 11.8 Å². The molecule has 16 heavy (non-hydrogen) atoms. The standard InChI is InChI=1S/C12H9Br2FS/c1-7-2-3-8(9(15)6-7)12(14)10-4-5-11(13)16-10/h2-6,12H,1H3. The first-order valence-electron chi connectivity index (χ1n) is 4.73. The summed E-state index contributed by atoms with van der Waals surface area (Å²) in [5.74, 6) is -0.161. The largest absolute Gasteiger partial charge is 0.207 e. The fraction of sp³-hybridized carbons (Fsp3) is 0.167. The Morgan fingerprint density at radius 1 is 1.25 bits per heavy atom. The fourth-order valence-electron chi connectivity index (χ4n) is 1.46. The SMILES string of the molecule is Cc1ccc(C(Br)c2ccc(Br)s2)c(F)c1. The molecule has 84 valence electrons. The molecule has 2 aromatic rings. The predicted molar refractivity (Wildman–Crippen MR) is 73.9 cm³/mol. The van der Waals surface area contributed by atoms with Gasteiger partial charge in [0.15, 0.2) is 0 Å². The molecular weight excluding hydrogens is 355 g/mol. The van der Waals surface area contributed by atoms with E-state index in [-0.39, 0.29) is 10.6 Å². The lowest BCUT2D eigenvalue weighted by Gasteiger charge is -2.09. The molecule has 1 unspecified atom stereocenters. The Bertz CT molecular complexity index is 507. The molecule has 0 nitrogen and oxygen atoms in total. The van der Waals surface area contributed by atoms with Crippen LogP contribution in [0.3, 0.4) is 0 Å². The number of thiophene rings is 1. The summed E-state index contributed by atoms with van der Waals surface area (Å²) in [5, 5.41) is 0. The van der Waals surface area contributed by atoms with Crippen LogP contribution in [0.25, 0.3) is 0 Å². The van der Waals surface area contributed by atoms with E-state index in [1.807, 2.05) is 31.2 Å². The minimum atomic E-state index is -0.161. The van der Waals surface area contributed by atoms with E-state index in [1.54, 1.807) is 17.4 Å². The van der Waals surface area contributed by atoms with Crippen LogP contribution in [0.2, 0.25) is 0 Å². The topological polar surface area (TPSA) is 0 Å². The average molecular weight is 364 g/mol. The highest BCUT2D eigenvalue weighted by molar-refractivity contribution is 9.11. The first-order valence-corrected chi connectivity index (χ1v) is 7.26. The first-order chi connectivity index (χ1) is 7.58. The Balaban J connectivity index is 2.37. The summed E-state index contributed by atoms with van der Waals surface area (Å²) in [6.07, 6.45) is 0. The Kier molecular flexibility index (Phi) is 3.82. The molecule has 0 spiro atoms. The Morgan fingerprint density at radius 3 is 2.56 bits per heavy atom. The lowest BCUT2D eigenvalue weighted by Crippen LogP contribution is -1.94. The van der Waals surface area contributed by atoms with Crippen LogP contribution in [0, 0.1) is 12.7 Å². The molecule has 0 saturated heterocycles. The van der Waals surface area contributed by atoms with Gasteiger partial charge in [-0.2, -0.15) is 0 Å². The summed E-state index contributed by atoms with van der Waals surface area (Å²) in [6.45, 7) is 1.89. The normalized spacial score (nSPS) is 12.8. The van der Waals surface area contributed by atoms with E-state index < -0.39 is 0 Å². The van der Waals surface area contributed by atoms with E-state index in [4.69, 9.17) is 0 Å². The van der Waals surface area contributed by atoms with Crippen molar-refractivity contribution in [3.63, 3.8) is 0 Å². The predicted octanol–water partition coefficient (Wildman–Crippen LogP) is 5.44. The van der Waals surface area contributed by atoms with Crippen molar-refractivity contribution in [2.75, 3.05) is 0 Å². The number of alkyl halides is 1. The molecule has 0 aliphatic carbocycles. The maximum absolute atomic E-state index is 13.8. The molecule has 1 heterocycles. The van der Waals surface area contributed by atoms with Gasteiger partial charge in [-0.25, -0.2) is 4.39 Å². The zero-order valence-electron chi connectivity index (χ0n) is 8.51. The van der Waals surface area contributed by atoms with Gasteiger partial charge in [0.05, 0.1) is 8.61 Å². The Morgan fingerprint density at radius 2 is 2.00 bits per heavy atom. The summed E-state index contributed by atoms with van der Waals surface area (Å²) in [7, 11) is 0. The van der Waals surface area contributed by atoms with E-state index in [0.29, 0.717) is 5.56 Å². The number of hydrogen-bond acceptors (Lipinski definition) is 1. The summed E-state index contributed by atoms with van der Waals surface area (Å²) >= 11 is 8.55. The molecule has 0 radical (unpaired) electrons. The van der Waals surface area contributed by atoms with Gasteiger partial charge in [-0.15, -0.1) is 11.3 Å². The van der Waals surface area contributed by atoms with Crippen LogP contribution in [0.5, 0.6) is 0 Å². The van der Waals surface area contributed by atoms with Crippen LogP contribution in [0.15, 0.2) is 34.1 Å². The minimum Gasteiger partial charge on any atom is -0.207 e. The summed E-state index contributed by atoms with van der Waals surface area (Å²) < 4.78 is 14.8. The monoisotopic (exact) mass is 362 g/mol. The van der Waals surface area contributed by atoms with Crippen LogP contribution in [0.1, 0.15) is 20.8 Å². The number of hydrogen-bond donors (Lipinski definition) is 0. The number of aryl methyl sites for hydroxylation is 1. The second-order valence-corrected chi connectivity index (χ2v) is 6.94. The van der Waals surface area contributed by atoms with Gasteiger partial charge in [-0.1, -0.05) is 28.1 Å². The van der Waals surface area contributed by atoms with Gasteiger partial charge in [-0.05, 0) is 46.6 Å². The van der Waals surface area contributed by atoms with Crippen molar-refractivity contribution in [3.05, 3.63) is 55.9 Å². The molecule has 1 aromatic heterocycles. The van der Waals surface area contributed by atoms with Gasteiger partial charge in [0.1, 0.15) is 5.82 Å². The maximum atomic E-state index is 13.8. The van der Waals surface area contributed by atoms with Gasteiger partial charge in [0, 0.05) is 10.4 Å². The molecule has 4 heteroatoms. The number of benzene rings is 1. The minimum absolute atomic E-state index is 0.0793. The zero-order chi connectivity index (χ0) is 11.7. The second-order valence-electron chi connectivity index (χ2n) is 3.53. The molecule has 0 aliphatic heterocycles. The molecule has 0 bridgehead atoms. The number of rotatable bonds is 2. The third kappa shape index (κ3) is 2.55. The molecule has 1 atom stereocenters. The Hall–Kier alpha value is -0.190. The highest BCUT2D eigenvalue weighted by Gasteiger charge is 2.16. The molecule has 1 aromatic carbocycles. The van der Waals surface area contributed by atoms with Crippen molar-refractivity contribution in [3.8, 4) is 0 Å². The lowest BCUT2D eigenvalue weighted by atomic mass is 10.1. The van der Waals surface area contributed by atoms with E-state index in [0.717, 1.165) is 14.2 Å². The van der Waals surface area contributed by atoms with E-state index in [1.165, 1.54) is 0 Å². The van der Waals surface area contributed by atoms with Gasteiger partial charge in [-0.3, -0.25) is 0 Å². The highest BCUT2D eigenvalue weighted by atomic mass is 79.9. The van der Waals surface area contributed by atoms with Crippen LogP contribution in [0.4, 0.5) is 4.39 Å². The van der Waals surface area contributed by atoms with E-state index >= 15 is 0 Å². The van der Waals surface area contributed by atoms with Crippen LogP contribution >= 0.6 is 43.2 Å². The van der Waals surface area contributed by atoms with Gasteiger partial charge < -0.3 is 0 Å². The summed E-state index contributed by atoms with van der Waals surface area (Å²) in [4.78, 5) is 1.01. The van der Waals surface area contributed by atoms with Crippen molar-refractivity contribution in [2.24, 2.45) is 0 Å². The average Bonchev–Trinajstić information content (AvgIpc) is 2.64. The van der Waals surface area contributed by atoms with Crippen molar-refractivity contribution >= 4 is 43.2 Å². The molecule has 0 saturated carbocycles. The Labute approximate surface area is 115 Å². The molecule has 0 fully saturated rings. The molecule has 0 aliphatic rings. The van der Waals surface area contributed by atoms with Crippen molar-refractivity contribution < 1.29 is 4.39 Å². The molecular formula is C12H9Br2FS. The quantitative estimate of drug-likeness (QED) is 0.623. The highest BCUT2D eigenvalue weighted by Crippen LogP contribution is 2.38. The van der Waals surface area contributed by atoms with Crippen molar-refractivity contribution in [1.82, 2.24) is 0 Å². The van der Waals surface area contributed by atoms with Crippen molar-refractivity contribution in [1.29, 1.82) is 0 Å². The third-order valence-electron chi connectivity index (χ3n) is 2.27. The van der Waals surface area contributed by atoms with E-state index in [9.17, 15) is 4.39 Å². The zero-order valence-corrected chi connectivity index (χ0v) is 12.5. The third-order valence-corrected chi connectivity index (χ3v) is 5.25.